The van der Waals surface area contributed by atoms with Gasteiger partial charge in [0.25, 0.3) is 0 Å². The first-order chi connectivity index (χ1) is 7.74. The Morgan fingerprint density at radius 3 is 2.56 bits per heavy atom. The van der Waals surface area contributed by atoms with Crippen molar-refractivity contribution in [2.75, 3.05) is 0 Å². The second-order valence-electron chi connectivity index (χ2n) is 2.66. The summed E-state index contributed by atoms with van der Waals surface area (Å²) in [5, 5.41) is 10.4. The van der Waals surface area contributed by atoms with Crippen molar-refractivity contribution in [3.05, 3.63) is 42.0 Å². The molecule has 0 atom stereocenters. The van der Waals surface area contributed by atoms with Crippen LogP contribution in [-0.2, 0) is 4.94 Å². The highest BCUT2D eigenvalue weighted by atomic mass is 19.3. The summed E-state index contributed by atoms with van der Waals surface area (Å²) >= 11 is 0. The molecule has 0 unspecified atom stereocenters. The number of hydrogen-bond donors (Lipinski definition) is 0. The maximum atomic E-state index is 11.0. The van der Waals surface area contributed by atoms with Crippen LogP contribution >= 0.6 is 0 Å². The zero-order valence-corrected chi connectivity index (χ0v) is 8.33. The number of aryl methyl sites for hydroxylation is 1. The Balaban J connectivity index is 0.000000165. The maximum absolute atomic E-state index is 11.0. The van der Waals surface area contributed by atoms with Gasteiger partial charge in [-0.15, -0.1) is 0 Å². The molecule has 2 aromatic rings. The standard InChI is InChI=1S/C5H6N2.C4H2FNO3/c1-5-2-3-6-7-4-5;5-8-4(7)3-1-2-6-9-3/h2-4H,1H3;1-2H. The minimum absolute atomic E-state index is 0.252. The smallest absolute Gasteiger partial charge is 0.349 e. The highest BCUT2D eigenvalue weighted by Gasteiger charge is 2.10. The van der Waals surface area contributed by atoms with Crippen molar-refractivity contribution in [2.24, 2.45) is 0 Å². The molecule has 0 radical (unpaired) electrons. The lowest BCUT2D eigenvalue weighted by Crippen LogP contribution is -1.94. The number of aromatic nitrogens is 3. The van der Waals surface area contributed by atoms with Crippen LogP contribution in [0.25, 0.3) is 0 Å². The van der Waals surface area contributed by atoms with Gasteiger partial charge in [0, 0.05) is 16.8 Å². The molecule has 0 amide bonds. The van der Waals surface area contributed by atoms with Gasteiger partial charge in [-0.3, -0.25) is 0 Å². The number of halogens is 1. The maximum Gasteiger partial charge on any atom is 0.417 e. The Hall–Kier alpha value is -2.31. The Morgan fingerprint density at radius 1 is 1.38 bits per heavy atom. The highest BCUT2D eigenvalue weighted by molar-refractivity contribution is 5.85. The summed E-state index contributed by atoms with van der Waals surface area (Å²) < 4.78 is 15.2. The van der Waals surface area contributed by atoms with Gasteiger partial charge < -0.3 is 4.52 Å². The normalized spacial score (nSPS) is 8.88. The van der Waals surface area contributed by atoms with Gasteiger partial charge in [0.2, 0.25) is 5.76 Å². The van der Waals surface area contributed by atoms with E-state index in [1.165, 1.54) is 12.3 Å². The van der Waals surface area contributed by atoms with Crippen LogP contribution in [0.4, 0.5) is 4.53 Å². The lowest BCUT2D eigenvalue weighted by molar-refractivity contribution is -0.0816. The van der Waals surface area contributed by atoms with Crippen molar-refractivity contribution in [3.63, 3.8) is 0 Å². The third-order valence-electron chi connectivity index (χ3n) is 1.44. The quantitative estimate of drug-likeness (QED) is 0.731. The molecule has 0 saturated heterocycles. The molecular weight excluding hydrogens is 217 g/mol. The van der Waals surface area contributed by atoms with Gasteiger partial charge in [-0.05, 0) is 18.6 Å². The molecule has 0 aliphatic carbocycles. The van der Waals surface area contributed by atoms with Gasteiger partial charge in [0.1, 0.15) is 0 Å². The first-order valence-electron chi connectivity index (χ1n) is 4.21. The molecule has 0 saturated carbocycles. The van der Waals surface area contributed by atoms with Gasteiger partial charge in [-0.1, -0.05) is 5.16 Å². The minimum atomic E-state index is -1.17. The lowest BCUT2D eigenvalue weighted by Gasteiger charge is -1.81. The lowest BCUT2D eigenvalue weighted by atomic mass is 10.4. The van der Waals surface area contributed by atoms with Gasteiger partial charge in [-0.2, -0.15) is 10.2 Å². The van der Waals surface area contributed by atoms with Crippen molar-refractivity contribution in [2.45, 2.75) is 6.92 Å². The molecule has 0 aromatic carbocycles. The molecule has 2 heterocycles. The summed E-state index contributed by atoms with van der Waals surface area (Å²) in [5.74, 6) is -1.43. The molecule has 84 valence electrons. The average Bonchev–Trinajstić information content (AvgIpc) is 2.83. The largest absolute Gasteiger partial charge is 0.417 e. The Labute approximate surface area is 89.9 Å². The number of rotatable bonds is 1. The summed E-state index contributed by atoms with van der Waals surface area (Å²) in [7, 11) is 0. The van der Waals surface area contributed by atoms with Gasteiger partial charge >= 0.3 is 5.97 Å². The van der Waals surface area contributed by atoms with Crippen molar-refractivity contribution in [1.82, 2.24) is 15.4 Å². The first-order valence-corrected chi connectivity index (χ1v) is 4.21. The molecule has 2 rings (SSSR count). The van der Waals surface area contributed by atoms with E-state index >= 15 is 0 Å². The van der Waals surface area contributed by atoms with Crippen molar-refractivity contribution in [3.8, 4) is 0 Å². The van der Waals surface area contributed by atoms with Crippen LogP contribution < -0.4 is 0 Å². The predicted molar refractivity (Wildman–Crippen MR) is 49.8 cm³/mol. The van der Waals surface area contributed by atoms with Crippen molar-refractivity contribution < 1.29 is 18.8 Å². The SMILES string of the molecule is Cc1ccnnc1.O=C(OF)c1ccno1. The number of carbonyl (C=O) groups is 1. The molecule has 2 aromatic heterocycles. The Morgan fingerprint density at radius 2 is 2.19 bits per heavy atom. The molecule has 0 fully saturated rings. The summed E-state index contributed by atoms with van der Waals surface area (Å²) in [4.78, 5) is 13.0. The van der Waals surface area contributed by atoms with Crippen LogP contribution in [0.15, 0.2) is 35.2 Å². The van der Waals surface area contributed by atoms with Crippen LogP contribution in [0.2, 0.25) is 0 Å². The molecular formula is C9H8FN3O3. The van der Waals surface area contributed by atoms with E-state index in [4.69, 9.17) is 0 Å². The summed E-state index contributed by atoms with van der Waals surface area (Å²) in [5.41, 5.74) is 1.15. The van der Waals surface area contributed by atoms with E-state index in [9.17, 15) is 9.32 Å². The Kier molecular flexibility index (Phi) is 4.58. The number of hydrogen-bond acceptors (Lipinski definition) is 6. The van der Waals surface area contributed by atoms with Crippen LogP contribution in [0, 0.1) is 6.92 Å². The van der Waals surface area contributed by atoms with Crippen LogP contribution in [0.1, 0.15) is 16.1 Å². The third-order valence-corrected chi connectivity index (χ3v) is 1.44. The monoisotopic (exact) mass is 225 g/mol. The van der Waals surface area contributed by atoms with Crippen molar-refractivity contribution >= 4 is 5.97 Å². The van der Waals surface area contributed by atoms with E-state index in [0.717, 1.165) is 5.56 Å². The first kappa shape index (κ1) is 11.8. The molecule has 7 heteroatoms. The highest BCUT2D eigenvalue weighted by Crippen LogP contribution is 1.98. The van der Waals surface area contributed by atoms with Crippen LogP contribution in [0.3, 0.4) is 0 Å². The molecule has 6 nitrogen and oxygen atoms in total. The summed E-state index contributed by atoms with van der Waals surface area (Å²) in [6.45, 7) is 1.98. The molecule has 0 bridgehead atoms. The van der Waals surface area contributed by atoms with E-state index in [1.807, 2.05) is 13.0 Å². The van der Waals surface area contributed by atoms with Crippen LogP contribution in [-0.4, -0.2) is 21.3 Å². The van der Waals surface area contributed by atoms with E-state index < -0.39 is 5.97 Å². The van der Waals surface area contributed by atoms with E-state index in [1.54, 1.807) is 12.4 Å². The fraction of sp³-hybridized carbons (Fsp3) is 0.111. The molecule has 16 heavy (non-hydrogen) atoms. The van der Waals surface area contributed by atoms with E-state index in [-0.39, 0.29) is 5.76 Å². The second-order valence-corrected chi connectivity index (χ2v) is 2.66. The molecule has 0 aliphatic heterocycles. The molecule has 0 aliphatic rings. The fourth-order valence-electron chi connectivity index (χ4n) is 0.716. The zero-order chi connectivity index (χ0) is 11.8. The summed E-state index contributed by atoms with van der Waals surface area (Å²) in [6.07, 6.45) is 4.61. The van der Waals surface area contributed by atoms with Gasteiger partial charge in [0.05, 0.1) is 12.4 Å². The third kappa shape index (κ3) is 3.82. The second kappa shape index (κ2) is 6.23. The summed E-state index contributed by atoms with van der Waals surface area (Å²) in [6, 6.07) is 3.11. The fourth-order valence-corrected chi connectivity index (χ4v) is 0.716. The van der Waals surface area contributed by atoms with Gasteiger partial charge in [0.15, 0.2) is 0 Å². The minimum Gasteiger partial charge on any atom is -0.349 e. The van der Waals surface area contributed by atoms with Gasteiger partial charge in [-0.25, -0.2) is 9.74 Å². The van der Waals surface area contributed by atoms with E-state index in [0.29, 0.717) is 0 Å². The Bertz CT molecular complexity index is 419. The van der Waals surface area contributed by atoms with Crippen LogP contribution in [0.5, 0.6) is 0 Å². The number of nitrogens with zero attached hydrogens (tertiary/aromatic N) is 3. The van der Waals surface area contributed by atoms with Crippen molar-refractivity contribution in [1.29, 1.82) is 0 Å². The average molecular weight is 225 g/mol. The molecule has 0 N–H and O–H groups in total. The molecule has 0 spiro atoms. The number of carbonyl (C=O) groups excluding carboxylic acids is 1. The topological polar surface area (TPSA) is 78.1 Å². The zero-order valence-electron chi connectivity index (χ0n) is 8.33. The predicted octanol–water partition coefficient (Wildman–Crippen LogP) is 1.50. The van der Waals surface area contributed by atoms with E-state index in [2.05, 4.69) is 24.8 Å².